The van der Waals surface area contributed by atoms with Gasteiger partial charge in [-0.05, 0) is 48.2 Å². The Morgan fingerprint density at radius 2 is 1.95 bits per heavy atom. The molecule has 0 unspecified atom stereocenters. The molecule has 0 aliphatic heterocycles. The van der Waals surface area contributed by atoms with Crippen molar-refractivity contribution in [2.45, 2.75) is 26.9 Å². The van der Waals surface area contributed by atoms with Gasteiger partial charge in [0.15, 0.2) is 0 Å². The molecule has 1 amide bonds. The van der Waals surface area contributed by atoms with Crippen LogP contribution in [0.3, 0.4) is 0 Å². The molecule has 4 heteroatoms. The molecule has 2 aromatic rings. The number of nitrogens with one attached hydrogen (secondary N) is 1. The monoisotopic (exact) mass is 269 g/mol. The quantitative estimate of drug-likeness (QED) is 0.893. The lowest BCUT2D eigenvalue weighted by Crippen LogP contribution is -2.24. The van der Waals surface area contributed by atoms with Crippen molar-refractivity contribution in [3.05, 3.63) is 64.5 Å². The third-order valence-corrected chi connectivity index (χ3v) is 3.32. The summed E-state index contributed by atoms with van der Waals surface area (Å²) >= 11 is 0. The minimum Gasteiger partial charge on any atom is -0.347 e. The minimum absolute atomic E-state index is 0.182. The molecule has 20 heavy (non-hydrogen) atoms. The third-order valence-electron chi connectivity index (χ3n) is 3.32. The zero-order valence-electron chi connectivity index (χ0n) is 11.8. The Labute approximate surface area is 119 Å². The van der Waals surface area contributed by atoms with Crippen molar-refractivity contribution in [2.75, 3.05) is 0 Å². The van der Waals surface area contributed by atoms with Crippen molar-refractivity contribution in [3.8, 4) is 0 Å². The smallest absolute Gasteiger partial charge is 0.270 e. The van der Waals surface area contributed by atoms with Gasteiger partial charge in [-0.2, -0.15) is 0 Å². The van der Waals surface area contributed by atoms with E-state index >= 15 is 0 Å². The number of hydrogen-bond donors (Lipinski definition) is 2. The maximum absolute atomic E-state index is 12.0. The molecule has 0 saturated carbocycles. The summed E-state index contributed by atoms with van der Waals surface area (Å²) in [7, 11) is 0. The second-order valence-corrected chi connectivity index (χ2v) is 4.85. The van der Waals surface area contributed by atoms with Gasteiger partial charge >= 0.3 is 0 Å². The first-order valence-electron chi connectivity index (χ1n) is 6.59. The summed E-state index contributed by atoms with van der Waals surface area (Å²) in [5, 5.41) is 2.87. The van der Waals surface area contributed by atoms with Gasteiger partial charge < -0.3 is 11.1 Å². The van der Waals surface area contributed by atoms with Crippen LogP contribution in [-0.4, -0.2) is 10.9 Å². The summed E-state index contributed by atoms with van der Waals surface area (Å²) in [5.74, 6) is -0.182. The fourth-order valence-electron chi connectivity index (χ4n) is 1.91. The van der Waals surface area contributed by atoms with Crippen molar-refractivity contribution in [1.82, 2.24) is 10.3 Å². The Morgan fingerprint density at radius 3 is 2.65 bits per heavy atom. The van der Waals surface area contributed by atoms with Gasteiger partial charge in [0.2, 0.25) is 0 Å². The van der Waals surface area contributed by atoms with E-state index in [1.165, 1.54) is 11.1 Å². The van der Waals surface area contributed by atoms with Crippen LogP contribution >= 0.6 is 0 Å². The van der Waals surface area contributed by atoms with Crippen LogP contribution in [0, 0.1) is 13.8 Å². The Balaban J connectivity index is 2.02. The predicted molar refractivity (Wildman–Crippen MR) is 79.2 cm³/mol. The van der Waals surface area contributed by atoms with E-state index in [9.17, 15) is 4.79 Å². The highest BCUT2D eigenvalue weighted by molar-refractivity contribution is 5.92. The molecule has 0 radical (unpaired) electrons. The van der Waals surface area contributed by atoms with Gasteiger partial charge in [0.05, 0.1) is 0 Å². The molecule has 0 fully saturated rings. The van der Waals surface area contributed by atoms with Crippen LogP contribution in [0.25, 0.3) is 0 Å². The van der Waals surface area contributed by atoms with Gasteiger partial charge in [-0.15, -0.1) is 0 Å². The Kier molecular flexibility index (Phi) is 4.48. The van der Waals surface area contributed by atoms with Gasteiger partial charge in [0, 0.05) is 19.3 Å². The molecule has 0 spiro atoms. The number of nitrogens with two attached hydrogens (primary N) is 1. The average molecular weight is 269 g/mol. The van der Waals surface area contributed by atoms with Gasteiger partial charge in [-0.25, -0.2) is 0 Å². The Morgan fingerprint density at radius 1 is 1.15 bits per heavy atom. The lowest BCUT2D eigenvalue weighted by atomic mass is 10.1. The number of benzene rings is 1. The Bertz CT molecular complexity index is 623. The molecule has 0 bridgehead atoms. The van der Waals surface area contributed by atoms with E-state index in [0.717, 1.165) is 11.1 Å². The lowest BCUT2D eigenvalue weighted by molar-refractivity contribution is 0.0946. The van der Waals surface area contributed by atoms with E-state index in [0.29, 0.717) is 18.8 Å². The first-order valence-corrected chi connectivity index (χ1v) is 6.59. The van der Waals surface area contributed by atoms with Crippen LogP contribution in [0.15, 0.2) is 36.5 Å². The normalized spacial score (nSPS) is 10.3. The topological polar surface area (TPSA) is 68.0 Å². The van der Waals surface area contributed by atoms with E-state index in [4.69, 9.17) is 5.73 Å². The molecular formula is C16H19N3O. The SMILES string of the molecule is Cc1ccc(CNC(=O)c2cc(CN)ccn2)cc1C. The van der Waals surface area contributed by atoms with Gasteiger partial charge in [0.1, 0.15) is 5.69 Å². The van der Waals surface area contributed by atoms with E-state index in [2.05, 4.69) is 36.3 Å². The molecule has 104 valence electrons. The van der Waals surface area contributed by atoms with Crippen molar-refractivity contribution in [3.63, 3.8) is 0 Å². The molecule has 0 atom stereocenters. The number of hydrogen-bond acceptors (Lipinski definition) is 3. The van der Waals surface area contributed by atoms with Crippen LogP contribution in [0.2, 0.25) is 0 Å². The molecule has 1 heterocycles. The van der Waals surface area contributed by atoms with Crippen molar-refractivity contribution in [2.24, 2.45) is 5.73 Å². The molecule has 4 nitrogen and oxygen atoms in total. The maximum Gasteiger partial charge on any atom is 0.270 e. The summed E-state index contributed by atoms with van der Waals surface area (Å²) in [4.78, 5) is 16.1. The first-order chi connectivity index (χ1) is 9.60. The fourth-order valence-corrected chi connectivity index (χ4v) is 1.91. The molecule has 3 N–H and O–H groups in total. The number of amides is 1. The van der Waals surface area contributed by atoms with Crippen LogP contribution in [-0.2, 0) is 13.1 Å². The van der Waals surface area contributed by atoms with E-state index in [1.54, 1.807) is 18.3 Å². The second kappa shape index (κ2) is 6.30. The molecule has 0 saturated heterocycles. The van der Waals surface area contributed by atoms with E-state index < -0.39 is 0 Å². The van der Waals surface area contributed by atoms with Crippen molar-refractivity contribution >= 4 is 5.91 Å². The van der Waals surface area contributed by atoms with Crippen LogP contribution in [0.1, 0.15) is 32.7 Å². The number of nitrogens with zero attached hydrogens (tertiary/aromatic N) is 1. The second-order valence-electron chi connectivity index (χ2n) is 4.85. The standard InChI is InChI=1S/C16H19N3O/c1-11-3-4-14(7-12(11)2)10-19-16(20)15-8-13(9-17)5-6-18-15/h3-8H,9-10,17H2,1-2H3,(H,19,20). The van der Waals surface area contributed by atoms with Crippen molar-refractivity contribution < 1.29 is 4.79 Å². The summed E-state index contributed by atoms with van der Waals surface area (Å²) in [6.45, 7) is 5.03. The molecular weight excluding hydrogens is 250 g/mol. The highest BCUT2D eigenvalue weighted by Crippen LogP contribution is 2.09. The molecule has 1 aromatic heterocycles. The van der Waals surface area contributed by atoms with Gasteiger partial charge in [-0.1, -0.05) is 18.2 Å². The lowest BCUT2D eigenvalue weighted by Gasteiger charge is -2.08. The van der Waals surface area contributed by atoms with Crippen molar-refractivity contribution in [1.29, 1.82) is 0 Å². The number of pyridine rings is 1. The van der Waals surface area contributed by atoms with Gasteiger partial charge in [0.25, 0.3) is 5.91 Å². The Hall–Kier alpha value is -2.20. The molecule has 0 aliphatic rings. The van der Waals surface area contributed by atoms with Gasteiger partial charge in [-0.3, -0.25) is 9.78 Å². The average Bonchev–Trinajstić information content (AvgIpc) is 2.48. The highest BCUT2D eigenvalue weighted by atomic mass is 16.1. The number of carbonyl (C=O) groups excluding carboxylic acids is 1. The molecule has 1 aromatic carbocycles. The maximum atomic E-state index is 12.0. The van der Waals surface area contributed by atoms with Crippen LogP contribution in [0.5, 0.6) is 0 Å². The molecule has 2 rings (SSSR count). The predicted octanol–water partition coefficient (Wildman–Crippen LogP) is 2.09. The largest absolute Gasteiger partial charge is 0.347 e. The minimum atomic E-state index is -0.182. The molecule has 0 aliphatic carbocycles. The zero-order valence-corrected chi connectivity index (χ0v) is 11.8. The highest BCUT2D eigenvalue weighted by Gasteiger charge is 2.07. The number of carbonyl (C=O) groups is 1. The first kappa shape index (κ1) is 14.2. The van der Waals surface area contributed by atoms with E-state index in [-0.39, 0.29) is 5.91 Å². The summed E-state index contributed by atoms with van der Waals surface area (Å²) < 4.78 is 0. The fraction of sp³-hybridized carbons (Fsp3) is 0.250. The number of aromatic nitrogens is 1. The number of rotatable bonds is 4. The van der Waals surface area contributed by atoms with Crippen LogP contribution < -0.4 is 11.1 Å². The zero-order chi connectivity index (χ0) is 14.5. The third kappa shape index (κ3) is 3.42. The summed E-state index contributed by atoms with van der Waals surface area (Å²) in [6.07, 6.45) is 1.60. The summed E-state index contributed by atoms with van der Waals surface area (Å²) in [6, 6.07) is 9.69. The van der Waals surface area contributed by atoms with Crippen LogP contribution in [0.4, 0.5) is 0 Å². The van der Waals surface area contributed by atoms with E-state index in [1.807, 2.05) is 6.07 Å². The summed E-state index contributed by atoms with van der Waals surface area (Å²) in [5.41, 5.74) is 10.4. The number of aryl methyl sites for hydroxylation is 2.